The number of hydrogen-bond donors (Lipinski definition) is 0. The van der Waals surface area contributed by atoms with Crippen LogP contribution in [0.2, 0.25) is 0 Å². The summed E-state index contributed by atoms with van der Waals surface area (Å²) in [4.78, 5) is 0. The molecule has 0 amide bonds. The highest BCUT2D eigenvalue weighted by atomic mass is 16.0. The predicted octanol–water partition coefficient (Wildman–Crippen LogP) is 7.07. The molecule has 0 unspecified atom stereocenters. The van der Waals surface area contributed by atoms with Gasteiger partial charge in [-0.2, -0.15) is 0 Å². The van der Waals surface area contributed by atoms with E-state index in [0.29, 0.717) is 23.7 Å². The second kappa shape index (κ2) is 9.61. The van der Waals surface area contributed by atoms with E-state index in [0.717, 1.165) is 0 Å². The molecule has 3 nitrogen and oxygen atoms in total. The van der Waals surface area contributed by atoms with Crippen molar-refractivity contribution in [2.45, 2.75) is 79.1 Å². The molecule has 0 atom stereocenters. The lowest BCUT2D eigenvalue weighted by molar-refractivity contribution is -0.596. The summed E-state index contributed by atoms with van der Waals surface area (Å²) in [5, 5.41) is 0. The third kappa shape index (κ3) is 4.52. The van der Waals surface area contributed by atoms with Gasteiger partial charge >= 0.3 is 0 Å². The molecule has 0 bridgehead atoms. The maximum atomic E-state index is 2.33. The molecule has 0 spiro atoms. The Balaban J connectivity index is 0.00000320. The van der Waals surface area contributed by atoms with Crippen molar-refractivity contribution < 1.29 is 10.0 Å². The maximum absolute atomic E-state index is 2.33. The molecule has 3 heteroatoms. The third-order valence-electron chi connectivity index (χ3n) is 5.84. The van der Waals surface area contributed by atoms with E-state index in [9.17, 15) is 0 Å². The molecule has 0 saturated carbocycles. The molecule has 1 N–H and O–H groups in total. The van der Waals surface area contributed by atoms with Crippen LogP contribution in [-0.4, -0.2) is 10.0 Å². The fourth-order valence-electron chi connectivity index (χ4n) is 4.24. The smallest absolute Gasteiger partial charge is 0.254 e. The summed E-state index contributed by atoms with van der Waals surface area (Å²) >= 11 is 0. The van der Waals surface area contributed by atoms with Gasteiger partial charge in [-0.05, 0) is 23.7 Å². The van der Waals surface area contributed by atoms with Crippen molar-refractivity contribution >= 4 is 0 Å². The molecule has 0 aliphatic heterocycles. The Hall–Kier alpha value is -2.39. The predicted molar refractivity (Wildman–Crippen MR) is 126 cm³/mol. The highest BCUT2D eigenvalue weighted by Gasteiger charge is 2.23. The molecule has 0 aliphatic carbocycles. The zero-order valence-electron chi connectivity index (χ0n) is 19.8. The van der Waals surface area contributed by atoms with Crippen molar-refractivity contribution in [1.82, 2.24) is 4.57 Å². The van der Waals surface area contributed by atoms with Crippen molar-refractivity contribution in [3.05, 3.63) is 77.4 Å². The summed E-state index contributed by atoms with van der Waals surface area (Å²) in [6.07, 6.45) is 6.70. The molecule has 30 heavy (non-hydrogen) atoms. The Labute approximate surface area is 182 Å². The number of hydrogen-bond acceptors (Lipinski definition) is 1. The third-order valence-corrected chi connectivity index (χ3v) is 5.84. The molecule has 3 aromatic rings. The van der Waals surface area contributed by atoms with Gasteiger partial charge in [-0.25, -0.2) is 9.13 Å². The van der Waals surface area contributed by atoms with Crippen LogP contribution in [0.1, 0.15) is 101 Å². The van der Waals surface area contributed by atoms with Crippen LogP contribution in [0, 0.1) is 0 Å². The summed E-state index contributed by atoms with van der Waals surface area (Å²) < 4.78 is 4.65. The van der Waals surface area contributed by atoms with Crippen LogP contribution in [0.15, 0.2) is 55.1 Å². The van der Waals surface area contributed by atoms with E-state index in [1.165, 1.54) is 33.6 Å². The van der Waals surface area contributed by atoms with Crippen LogP contribution >= 0.6 is 0 Å². The van der Waals surface area contributed by atoms with Gasteiger partial charge < -0.3 is 5.48 Å². The van der Waals surface area contributed by atoms with Gasteiger partial charge in [0.1, 0.15) is 23.8 Å². The Kier molecular flexibility index (Phi) is 7.65. The van der Waals surface area contributed by atoms with E-state index in [1.54, 1.807) is 0 Å². The largest absolute Gasteiger partial charge is 0.870 e. The van der Waals surface area contributed by atoms with Crippen LogP contribution < -0.4 is 4.57 Å². The topological polar surface area (TPSA) is 38.8 Å². The lowest BCUT2D eigenvalue weighted by atomic mass is 9.92. The second-order valence-electron chi connectivity index (χ2n) is 9.42. The zero-order chi connectivity index (χ0) is 21.3. The first-order valence-corrected chi connectivity index (χ1v) is 11.1. The summed E-state index contributed by atoms with van der Waals surface area (Å²) in [5.41, 5.74) is 8.29. The van der Waals surface area contributed by atoms with Crippen molar-refractivity contribution in [3.8, 4) is 11.4 Å². The molecule has 0 saturated heterocycles. The molecule has 0 radical (unpaired) electrons. The fourth-order valence-corrected chi connectivity index (χ4v) is 4.24. The standard InChI is InChI=1S/C27H37N2.H2O/c1-18(2)22-11-9-12-23(19(3)4)26(22)28-15-16-29(17-28)27-24(20(5)6)13-10-14-25(27)21(7)8;/h9-21H,1-8H3;1H2/q+1;/p-1. The minimum absolute atomic E-state index is 0. The first-order valence-electron chi connectivity index (χ1n) is 11.1. The normalized spacial score (nSPS) is 11.6. The molecule has 3 rings (SSSR count). The van der Waals surface area contributed by atoms with Crippen LogP contribution in [0.4, 0.5) is 0 Å². The zero-order valence-corrected chi connectivity index (χ0v) is 19.8. The van der Waals surface area contributed by atoms with E-state index in [4.69, 9.17) is 0 Å². The van der Waals surface area contributed by atoms with Crippen molar-refractivity contribution in [3.63, 3.8) is 0 Å². The highest BCUT2D eigenvalue weighted by molar-refractivity contribution is 5.51. The molecule has 162 valence electrons. The monoisotopic (exact) mass is 406 g/mol. The first-order chi connectivity index (χ1) is 13.7. The van der Waals surface area contributed by atoms with Gasteiger partial charge in [-0.1, -0.05) is 91.8 Å². The van der Waals surface area contributed by atoms with Crippen molar-refractivity contribution in [1.29, 1.82) is 0 Å². The SMILES string of the molecule is CC(C)c1cccc(C(C)C)c1-n1cc[n+](-c2c(C(C)C)cccc2C(C)C)c1.[OH-]. The summed E-state index contributed by atoms with van der Waals surface area (Å²) in [6, 6.07) is 13.5. The second-order valence-corrected chi connectivity index (χ2v) is 9.42. The van der Waals surface area contributed by atoms with E-state index in [-0.39, 0.29) is 5.48 Å². The number of nitrogens with zero attached hydrogens (tertiary/aromatic N) is 2. The Morgan fingerprint density at radius 1 is 0.633 bits per heavy atom. The highest BCUT2D eigenvalue weighted by Crippen LogP contribution is 2.32. The molecule has 0 aliphatic rings. The summed E-state index contributed by atoms with van der Waals surface area (Å²) in [6.45, 7) is 18.3. The van der Waals surface area contributed by atoms with Gasteiger partial charge in [0.05, 0.1) is 0 Å². The Bertz CT molecular complexity index is 850. The number of para-hydroxylation sites is 2. The average molecular weight is 407 g/mol. The Morgan fingerprint density at radius 2 is 1.03 bits per heavy atom. The van der Waals surface area contributed by atoms with Gasteiger partial charge in [-0.3, -0.25) is 0 Å². The van der Waals surface area contributed by atoms with Crippen LogP contribution in [-0.2, 0) is 0 Å². The van der Waals surface area contributed by atoms with Crippen molar-refractivity contribution in [2.24, 2.45) is 0 Å². The lowest BCUT2D eigenvalue weighted by Crippen LogP contribution is -2.31. The minimum atomic E-state index is 0. The van der Waals surface area contributed by atoms with E-state index in [2.05, 4.69) is 120 Å². The molecule has 0 fully saturated rings. The van der Waals surface area contributed by atoms with Gasteiger partial charge in [0.2, 0.25) is 0 Å². The van der Waals surface area contributed by atoms with Gasteiger partial charge in [-0.15, -0.1) is 0 Å². The lowest BCUT2D eigenvalue weighted by Gasteiger charge is -2.17. The van der Waals surface area contributed by atoms with Gasteiger partial charge in [0, 0.05) is 22.3 Å². The van der Waals surface area contributed by atoms with E-state index in [1.807, 2.05) is 0 Å². The number of aromatic nitrogens is 2. The van der Waals surface area contributed by atoms with Gasteiger partial charge in [0.15, 0.2) is 0 Å². The summed E-state index contributed by atoms with van der Waals surface area (Å²) in [7, 11) is 0. The number of imidazole rings is 1. The van der Waals surface area contributed by atoms with Crippen LogP contribution in [0.25, 0.3) is 11.4 Å². The Morgan fingerprint density at radius 3 is 1.43 bits per heavy atom. The minimum Gasteiger partial charge on any atom is -0.870 e. The maximum Gasteiger partial charge on any atom is 0.254 e. The molecular weight excluding hydrogens is 368 g/mol. The van der Waals surface area contributed by atoms with Crippen molar-refractivity contribution in [2.75, 3.05) is 0 Å². The van der Waals surface area contributed by atoms with Gasteiger partial charge in [0.25, 0.3) is 6.33 Å². The average Bonchev–Trinajstić information content (AvgIpc) is 3.15. The van der Waals surface area contributed by atoms with E-state index < -0.39 is 0 Å². The van der Waals surface area contributed by atoms with E-state index >= 15 is 0 Å². The van der Waals surface area contributed by atoms with Crippen LogP contribution in [0.3, 0.4) is 0 Å². The molecule has 1 aromatic heterocycles. The number of benzene rings is 2. The quantitative estimate of drug-likeness (QED) is 0.403. The number of rotatable bonds is 6. The fraction of sp³-hybridized carbons (Fsp3) is 0.444. The first kappa shape index (κ1) is 23.9. The molecule has 2 aromatic carbocycles. The molecule has 1 heterocycles. The van der Waals surface area contributed by atoms with Crippen LogP contribution in [0.5, 0.6) is 0 Å². The molecular formula is C27H38N2O. The summed E-state index contributed by atoms with van der Waals surface area (Å²) in [5.74, 6) is 1.92.